The maximum absolute atomic E-state index is 12.2. The molecule has 6 nitrogen and oxygen atoms in total. The molecule has 1 fully saturated rings. The predicted octanol–water partition coefficient (Wildman–Crippen LogP) is -0.0862. The third-order valence-electron chi connectivity index (χ3n) is 3.88. The molecule has 1 amide bonds. The van der Waals surface area contributed by atoms with E-state index in [1.54, 1.807) is 0 Å². The van der Waals surface area contributed by atoms with Crippen molar-refractivity contribution in [3.63, 3.8) is 0 Å². The second-order valence-corrected chi connectivity index (χ2v) is 8.30. The minimum atomic E-state index is -3.53. The molecule has 1 saturated heterocycles. The van der Waals surface area contributed by atoms with E-state index in [0.717, 1.165) is 6.26 Å². The van der Waals surface area contributed by atoms with Crippen LogP contribution >= 0.6 is 0 Å². The molecular weight excluding hydrogens is 266 g/mol. The Morgan fingerprint density at radius 3 is 2.21 bits per heavy atom. The highest BCUT2D eigenvalue weighted by atomic mass is 32.2. The number of amides is 1. The molecule has 0 aliphatic carbocycles. The molecule has 0 radical (unpaired) electrons. The van der Waals surface area contributed by atoms with Crippen LogP contribution in [-0.2, 0) is 14.6 Å². The molecule has 1 aliphatic heterocycles. The first-order valence-corrected chi connectivity index (χ1v) is 8.05. The molecule has 0 saturated carbocycles. The molecule has 0 aromatic heterocycles. The fraction of sp³-hybridized carbons (Fsp3) is 0.833. The van der Waals surface area contributed by atoms with Crippen molar-refractivity contribution in [1.82, 2.24) is 10.2 Å². The van der Waals surface area contributed by atoms with Crippen LogP contribution in [0.3, 0.4) is 0 Å². The highest BCUT2D eigenvalue weighted by Gasteiger charge is 2.44. The van der Waals surface area contributed by atoms with E-state index in [9.17, 15) is 18.5 Å². The van der Waals surface area contributed by atoms with Crippen LogP contribution in [0.4, 0.5) is 0 Å². The summed E-state index contributed by atoms with van der Waals surface area (Å²) in [4.78, 5) is 14.2. The lowest BCUT2D eigenvalue weighted by molar-refractivity contribution is -0.124. The number of hydrogen-bond acceptors (Lipinski definition) is 5. The smallest absolute Gasteiger partial charge is 0.242 e. The molecule has 7 heteroatoms. The first kappa shape index (κ1) is 15.9. The minimum absolute atomic E-state index is 0.506. The van der Waals surface area contributed by atoms with Gasteiger partial charge in [0.05, 0.1) is 6.07 Å². The van der Waals surface area contributed by atoms with Crippen LogP contribution in [0.1, 0.15) is 26.7 Å². The molecule has 1 N–H and O–H groups in total. The molecule has 108 valence electrons. The van der Waals surface area contributed by atoms with E-state index in [2.05, 4.69) is 16.3 Å². The van der Waals surface area contributed by atoms with Gasteiger partial charge in [-0.05, 0) is 33.7 Å². The summed E-state index contributed by atoms with van der Waals surface area (Å²) in [6.45, 7) is 4.12. The Kier molecular flexibility index (Phi) is 4.27. The lowest BCUT2D eigenvalue weighted by Crippen LogP contribution is -2.59. The topological polar surface area (TPSA) is 90.3 Å². The molecule has 1 rings (SSSR count). The third-order valence-corrected chi connectivity index (χ3v) is 5.92. The van der Waals surface area contributed by atoms with Gasteiger partial charge in [-0.3, -0.25) is 4.79 Å². The summed E-state index contributed by atoms with van der Waals surface area (Å²) in [6.07, 6.45) is 2.04. The quantitative estimate of drug-likeness (QED) is 0.783. The molecule has 0 bridgehead atoms. The maximum atomic E-state index is 12.2. The van der Waals surface area contributed by atoms with Crippen molar-refractivity contribution in [2.24, 2.45) is 0 Å². The Balaban J connectivity index is 2.90. The Morgan fingerprint density at radius 1 is 1.37 bits per heavy atom. The van der Waals surface area contributed by atoms with Crippen LogP contribution in [0.15, 0.2) is 0 Å². The van der Waals surface area contributed by atoms with Crippen LogP contribution in [0, 0.1) is 11.3 Å². The van der Waals surface area contributed by atoms with E-state index in [1.165, 1.54) is 13.8 Å². The summed E-state index contributed by atoms with van der Waals surface area (Å²) in [5, 5.41) is 12.0. The van der Waals surface area contributed by atoms with E-state index >= 15 is 0 Å². The standard InChI is InChI=1S/C12H21N3O3S/c1-11(2,19(4,17)18)10(16)14-12(9-13)5-7-15(3)8-6-12/h5-8H2,1-4H3,(H,14,16). The second kappa shape index (κ2) is 5.10. The fourth-order valence-electron chi connectivity index (χ4n) is 1.80. The largest absolute Gasteiger partial charge is 0.336 e. The SMILES string of the molecule is CN1CCC(C#N)(NC(=O)C(C)(C)S(C)(=O)=O)CC1. The van der Waals surface area contributed by atoms with Gasteiger partial charge in [0.25, 0.3) is 0 Å². The van der Waals surface area contributed by atoms with Crippen LogP contribution in [0.2, 0.25) is 0 Å². The van der Waals surface area contributed by atoms with Gasteiger partial charge in [-0.1, -0.05) is 0 Å². The molecule has 1 aliphatic rings. The summed E-state index contributed by atoms with van der Waals surface area (Å²) < 4.78 is 21.7. The zero-order chi connectivity index (χ0) is 14.9. The zero-order valence-electron chi connectivity index (χ0n) is 11.9. The molecule has 0 atom stereocenters. The molecule has 1 heterocycles. The average molecular weight is 287 g/mol. The van der Waals surface area contributed by atoms with Gasteiger partial charge in [0.1, 0.15) is 10.3 Å². The van der Waals surface area contributed by atoms with Crippen LogP contribution in [0.5, 0.6) is 0 Å². The number of hydrogen-bond donors (Lipinski definition) is 1. The highest BCUT2D eigenvalue weighted by molar-refractivity contribution is 7.92. The van der Waals surface area contributed by atoms with Gasteiger partial charge in [0, 0.05) is 19.3 Å². The molecule has 19 heavy (non-hydrogen) atoms. The lowest BCUT2D eigenvalue weighted by Gasteiger charge is -2.37. The summed E-state index contributed by atoms with van der Waals surface area (Å²) >= 11 is 0. The van der Waals surface area contributed by atoms with Crippen molar-refractivity contribution < 1.29 is 13.2 Å². The number of rotatable bonds is 3. The average Bonchev–Trinajstić information content (AvgIpc) is 2.31. The molecule has 0 spiro atoms. The van der Waals surface area contributed by atoms with Gasteiger partial charge in [0.2, 0.25) is 5.91 Å². The zero-order valence-corrected chi connectivity index (χ0v) is 12.7. The van der Waals surface area contributed by atoms with Crippen molar-refractivity contribution in [3.05, 3.63) is 0 Å². The van der Waals surface area contributed by atoms with Gasteiger partial charge in [-0.2, -0.15) is 5.26 Å². The monoisotopic (exact) mass is 287 g/mol. The number of carbonyl (C=O) groups excluding carboxylic acids is 1. The molecule has 0 unspecified atom stereocenters. The van der Waals surface area contributed by atoms with E-state index in [-0.39, 0.29) is 0 Å². The van der Waals surface area contributed by atoms with Gasteiger partial charge >= 0.3 is 0 Å². The van der Waals surface area contributed by atoms with Crippen LogP contribution in [0.25, 0.3) is 0 Å². The number of likely N-dealkylation sites (tertiary alicyclic amines) is 1. The summed E-state index contributed by atoms with van der Waals surface area (Å²) in [5.41, 5.74) is -0.953. The summed E-state index contributed by atoms with van der Waals surface area (Å²) in [6, 6.07) is 2.14. The fourth-order valence-corrected chi connectivity index (χ4v) is 2.19. The van der Waals surface area contributed by atoms with Crippen LogP contribution < -0.4 is 5.32 Å². The Bertz CT molecular complexity index is 497. The number of nitrogens with one attached hydrogen (secondary N) is 1. The second-order valence-electron chi connectivity index (χ2n) is 5.73. The third kappa shape index (κ3) is 3.25. The first-order chi connectivity index (χ1) is 8.54. The summed E-state index contributed by atoms with van der Waals surface area (Å²) in [5.74, 6) is -0.610. The van der Waals surface area contributed by atoms with Crippen molar-refractivity contribution >= 4 is 15.7 Å². The van der Waals surface area contributed by atoms with Gasteiger partial charge in [-0.15, -0.1) is 0 Å². The molecule has 0 aromatic rings. The Morgan fingerprint density at radius 2 is 1.84 bits per heavy atom. The number of nitrogens with zero attached hydrogens (tertiary/aromatic N) is 2. The molecular formula is C12H21N3O3S. The summed E-state index contributed by atoms with van der Waals surface area (Å²) in [7, 11) is -1.58. The van der Waals surface area contributed by atoms with E-state index in [0.29, 0.717) is 25.9 Å². The number of sulfone groups is 1. The van der Waals surface area contributed by atoms with E-state index in [4.69, 9.17) is 0 Å². The van der Waals surface area contributed by atoms with E-state index in [1.807, 2.05) is 7.05 Å². The Hall–Kier alpha value is -1.13. The van der Waals surface area contributed by atoms with Crippen molar-refractivity contribution in [2.45, 2.75) is 37.0 Å². The van der Waals surface area contributed by atoms with Crippen molar-refractivity contribution in [1.29, 1.82) is 5.26 Å². The number of piperidine rings is 1. The minimum Gasteiger partial charge on any atom is -0.336 e. The first-order valence-electron chi connectivity index (χ1n) is 6.16. The van der Waals surface area contributed by atoms with Crippen molar-refractivity contribution in [3.8, 4) is 6.07 Å². The Labute approximate surface area is 114 Å². The molecule has 0 aromatic carbocycles. The van der Waals surface area contributed by atoms with E-state index < -0.39 is 26.0 Å². The van der Waals surface area contributed by atoms with Gasteiger partial charge in [-0.25, -0.2) is 8.42 Å². The predicted molar refractivity (Wildman–Crippen MR) is 72.1 cm³/mol. The normalized spacial score (nSPS) is 20.6. The van der Waals surface area contributed by atoms with Crippen molar-refractivity contribution in [2.75, 3.05) is 26.4 Å². The highest BCUT2D eigenvalue weighted by Crippen LogP contribution is 2.23. The van der Waals surface area contributed by atoms with Crippen LogP contribution in [-0.4, -0.2) is 55.9 Å². The number of nitriles is 1. The van der Waals surface area contributed by atoms with Gasteiger partial charge in [0.15, 0.2) is 9.84 Å². The lowest BCUT2D eigenvalue weighted by atomic mass is 9.88. The number of carbonyl (C=O) groups is 1. The maximum Gasteiger partial charge on any atom is 0.242 e. The van der Waals surface area contributed by atoms with Gasteiger partial charge < -0.3 is 10.2 Å².